The van der Waals surface area contributed by atoms with Crippen LogP contribution >= 0.6 is 0 Å². The minimum atomic E-state index is -0.539. The lowest BCUT2D eigenvalue weighted by atomic mass is 9.82. The third-order valence-corrected chi connectivity index (χ3v) is 4.94. The quantitative estimate of drug-likeness (QED) is 0.821. The highest BCUT2D eigenvalue weighted by molar-refractivity contribution is 5.94. The SMILES string of the molecule is CN1[C@@H]2CCC[C@H]1C[C@@H](NC(=O)c1ccc(N)c(F)c1)C2. The van der Waals surface area contributed by atoms with E-state index in [1.165, 1.54) is 31.4 Å². The van der Waals surface area contributed by atoms with Crippen LogP contribution in [-0.4, -0.2) is 36.0 Å². The van der Waals surface area contributed by atoms with E-state index in [1.807, 2.05) is 0 Å². The molecule has 3 atom stereocenters. The van der Waals surface area contributed by atoms with Gasteiger partial charge in [-0.3, -0.25) is 4.79 Å². The zero-order valence-corrected chi connectivity index (χ0v) is 12.3. The number of carbonyl (C=O) groups is 1. The first-order chi connectivity index (χ1) is 10.0. The molecule has 1 aromatic rings. The van der Waals surface area contributed by atoms with Gasteiger partial charge < -0.3 is 16.0 Å². The summed E-state index contributed by atoms with van der Waals surface area (Å²) < 4.78 is 13.4. The van der Waals surface area contributed by atoms with Crippen LogP contribution in [0.5, 0.6) is 0 Å². The van der Waals surface area contributed by atoms with Crippen molar-refractivity contribution in [1.82, 2.24) is 10.2 Å². The zero-order chi connectivity index (χ0) is 15.0. The Morgan fingerprint density at radius 1 is 1.33 bits per heavy atom. The summed E-state index contributed by atoms with van der Waals surface area (Å²) in [7, 11) is 2.18. The molecule has 4 nitrogen and oxygen atoms in total. The van der Waals surface area contributed by atoms with Crippen molar-refractivity contribution in [3.63, 3.8) is 0 Å². The summed E-state index contributed by atoms with van der Waals surface area (Å²) in [5.74, 6) is -0.746. The van der Waals surface area contributed by atoms with Crippen LogP contribution in [-0.2, 0) is 0 Å². The molecule has 114 valence electrons. The van der Waals surface area contributed by atoms with Crippen molar-refractivity contribution in [3.8, 4) is 0 Å². The van der Waals surface area contributed by atoms with Gasteiger partial charge in [-0.15, -0.1) is 0 Å². The molecule has 0 saturated carbocycles. The van der Waals surface area contributed by atoms with Crippen LogP contribution in [0.3, 0.4) is 0 Å². The first-order valence-electron chi connectivity index (χ1n) is 7.62. The van der Waals surface area contributed by atoms with E-state index in [9.17, 15) is 9.18 Å². The normalized spacial score (nSPS) is 29.1. The molecule has 2 aliphatic heterocycles. The molecule has 2 bridgehead atoms. The molecule has 2 fully saturated rings. The number of nitrogens with one attached hydrogen (secondary N) is 1. The molecular weight excluding hydrogens is 269 g/mol. The molecule has 0 aromatic heterocycles. The average Bonchev–Trinajstić information content (AvgIpc) is 2.43. The van der Waals surface area contributed by atoms with Gasteiger partial charge in [0.25, 0.3) is 5.91 Å². The fraction of sp³-hybridized carbons (Fsp3) is 0.562. The van der Waals surface area contributed by atoms with Crippen molar-refractivity contribution >= 4 is 11.6 Å². The molecule has 0 unspecified atom stereocenters. The van der Waals surface area contributed by atoms with Gasteiger partial charge in [-0.1, -0.05) is 6.42 Å². The lowest BCUT2D eigenvalue weighted by molar-refractivity contribution is 0.0463. The number of nitrogens with two attached hydrogens (primary N) is 1. The number of nitrogen functional groups attached to an aromatic ring is 1. The molecule has 0 spiro atoms. The molecule has 1 aromatic carbocycles. The Labute approximate surface area is 124 Å². The number of hydrogen-bond acceptors (Lipinski definition) is 3. The first-order valence-corrected chi connectivity index (χ1v) is 7.62. The van der Waals surface area contributed by atoms with E-state index in [4.69, 9.17) is 5.73 Å². The van der Waals surface area contributed by atoms with Gasteiger partial charge in [0.15, 0.2) is 0 Å². The number of benzene rings is 1. The van der Waals surface area contributed by atoms with Crippen LogP contribution < -0.4 is 11.1 Å². The molecule has 2 saturated heterocycles. The van der Waals surface area contributed by atoms with Crippen molar-refractivity contribution in [2.75, 3.05) is 12.8 Å². The summed E-state index contributed by atoms with van der Waals surface area (Å²) in [6.45, 7) is 0. The summed E-state index contributed by atoms with van der Waals surface area (Å²) in [5.41, 5.74) is 5.85. The van der Waals surface area contributed by atoms with Crippen LogP contribution in [0.25, 0.3) is 0 Å². The van der Waals surface area contributed by atoms with Crippen LogP contribution in [0.4, 0.5) is 10.1 Å². The van der Waals surface area contributed by atoms with Gasteiger partial charge >= 0.3 is 0 Å². The molecule has 1 amide bonds. The van der Waals surface area contributed by atoms with Crippen molar-refractivity contribution < 1.29 is 9.18 Å². The Kier molecular flexibility index (Phi) is 3.85. The minimum Gasteiger partial charge on any atom is -0.396 e. The lowest BCUT2D eigenvalue weighted by Gasteiger charge is -2.47. The van der Waals surface area contributed by atoms with E-state index >= 15 is 0 Å². The molecule has 0 radical (unpaired) electrons. The predicted molar refractivity (Wildman–Crippen MR) is 80.5 cm³/mol. The highest BCUT2D eigenvalue weighted by Gasteiger charge is 2.36. The number of hydrogen-bond donors (Lipinski definition) is 2. The van der Waals surface area contributed by atoms with Gasteiger partial charge in [-0.05, 0) is 50.9 Å². The van der Waals surface area contributed by atoms with Crippen LogP contribution in [0, 0.1) is 5.82 Å². The monoisotopic (exact) mass is 291 g/mol. The Bertz CT molecular complexity index is 534. The Morgan fingerprint density at radius 2 is 2.00 bits per heavy atom. The maximum Gasteiger partial charge on any atom is 0.251 e. The maximum atomic E-state index is 13.4. The van der Waals surface area contributed by atoms with Crippen LogP contribution in [0.2, 0.25) is 0 Å². The van der Waals surface area contributed by atoms with E-state index in [-0.39, 0.29) is 17.6 Å². The van der Waals surface area contributed by atoms with E-state index in [0.717, 1.165) is 12.8 Å². The molecule has 2 aliphatic rings. The van der Waals surface area contributed by atoms with Gasteiger partial charge in [-0.2, -0.15) is 0 Å². The lowest BCUT2D eigenvalue weighted by Crippen LogP contribution is -2.55. The molecule has 21 heavy (non-hydrogen) atoms. The van der Waals surface area contributed by atoms with E-state index < -0.39 is 5.82 Å². The highest BCUT2D eigenvalue weighted by Crippen LogP contribution is 2.32. The fourth-order valence-corrected chi connectivity index (χ4v) is 3.67. The number of piperidine rings is 2. The number of amides is 1. The van der Waals surface area contributed by atoms with Gasteiger partial charge in [0.2, 0.25) is 0 Å². The Morgan fingerprint density at radius 3 is 2.62 bits per heavy atom. The third-order valence-electron chi connectivity index (χ3n) is 4.94. The fourth-order valence-electron chi connectivity index (χ4n) is 3.67. The van der Waals surface area contributed by atoms with Crippen LogP contribution in [0.1, 0.15) is 42.5 Å². The van der Waals surface area contributed by atoms with Gasteiger partial charge in [0, 0.05) is 23.7 Å². The maximum absolute atomic E-state index is 13.4. The molecule has 0 aliphatic carbocycles. The van der Waals surface area contributed by atoms with Crippen molar-refractivity contribution in [1.29, 1.82) is 0 Å². The first kappa shape index (κ1) is 14.3. The summed E-state index contributed by atoms with van der Waals surface area (Å²) in [4.78, 5) is 14.7. The largest absolute Gasteiger partial charge is 0.396 e. The highest BCUT2D eigenvalue weighted by atomic mass is 19.1. The Balaban J connectivity index is 1.66. The second-order valence-electron chi connectivity index (χ2n) is 6.28. The summed E-state index contributed by atoms with van der Waals surface area (Å²) in [6, 6.07) is 5.53. The molecule has 3 rings (SSSR count). The van der Waals surface area contributed by atoms with Gasteiger partial charge in [0.05, 0.1) is 5.69 Å². The van der Waals surface area contributed by atoms with Gasteiger partial charge in [-0.25, -0.2) is 4.39 Å². The predicted octanol–water partition coefficient (Wildman–Crippen LogP) is 2.15. The molecule has 5 heteroatoms. The van der Waals surface area contributed by atoms with E-state index in [1.54, 1.807) is 6.07 Å². The number of carbonyl (C=O) groups excluding carboxylic acids is 1. The van der Waals surface area contributed by atoms with Crippen LogP contribution in [0.15, 0.2) is 18.2 Å². The number of nitrogens with zero attached hydrogens (tertiary/aromatic N) is 1. The second kappa shape index (κ2) is 5.64. The van der Waals surface area contributed by atoms with Gasteiger partial charge in [0.1, 0.15) is 5.82 Å². The van der Waals surface area contributed by atoms with Crippen molar-refractivity contribution in [3.05, 3.63) is 29.6 Å². The second-order valence-corrected chi connectivity index (χ2v) is 6.28. The van der Waals surface area contributed by atoms with Crippen molar-refractivity contribution in [2.45, 2.75) is 50.2 Å². The third kappa shape index (κ3) is 2.88. The summed E-state index contributed by atoms with van der Waals surface area (Å²) in [5, 5.41) is 3.06. The standard InChI is InChI=1S/C16H22FN3O/c1-20-12-3-2-4-13(20)9-11(8-12)19-16(21)10-5-6-15(18)14(17)7-10/h5-7,11-13H,2-4,8-9,18H2,1H3,(H,19,21)/t11-,12+,13-. The minimum absolute atomic E-state index is 0.0698. The molecular formula is C16H22FN3O. The number of anilines is 1. The number of rotatable bonds is 2. The smallest absolute Gasteiger partial charge is 0.251 e. The zero-order valence-electron chi connectivity index (χ0n) is 12.3. The summed E-state index contributed by atoms with van der Waals surface area (Å²) >= 11 is 0. The molecule has 2 heterocycles. The number of halogens is 1. The average molecular weight is 291 g/mol. The molecule has 3 N–H and O–H groups in total. The summed E-state index contributed by atoms with van der Waals surface area (Å²) in [6.07, 6.45) is 5.65. The topological polar surface area (TPSA) is 58.4 Å². The number of fused-ring (bicyclic) bond motifs is 2. The Hall–Kier alpha value is -1.62. The van der Waals surface area contributed by atoms with E-state index in [0.29, 0.717) is 17.6 Å². The van der Waals surface area contributed by atoms with Crippen molar-refractivity contribution in [2.24, 2.45) is 0 Å². The van der Waals surface area contributed by atoms with E-state index in [2.05, 4.69) is 17.3 Å².